The third kappa shape index (κ3) is 2.27. The van der Waals surface area contributed by atoms with E-state index >= 15 is 0 Å². The van der Waals surface area contributed by atoms with Crippen LogP contribution in [0.5, 0.6) is 0 Å². The Morgan fingerprint density at radius 2 is 2.46 bits per heavy atom. The number of allylic oxidation sites excluding steroid dienone is 2. The number of halogens is 1. The first kappa shape index (κ1) is 9.70. The molecule has 13 heavy (non-hydrogen) atoms. The Bertz CT molecular complexity index is 364. The number of hydrogen-bond acceptors (Lipinski definition) is 3. The van der Waals surface area contributed by atoms with Crippen molar-refractivity contribution in [2.75, 3.05) is 0 Å². The molecule has 0 aromatic carbocycles. The highest BCUT2D eigenvalue weighted by molar-refractivity contribution is 4.93. The maximum Gasteiger partial charge on any atom is 0.441 e. The van der Waals surface area contributed by atoms with Gasteiger partial charge >= 0.3 is 5.76 Å². The maximum atomic E-state index is 13.0. The minimum atomic E-state index is -0.628. The van der Waals surface area contributed by atoms with Gasteiger partial charge < -0.3 is 0 Å². The lowest BCUT2D eigenvalue weighted by Crippen LogP contribution is -2.16. The topological polar surface area (TPSA) is 48.0 Å². The van der Waals surface area contributed by atoms with Crippen molar-refractivity contribution in [2.45, 2.75) is 26.8 Å². The van der Waals surface area contributed by atoms with Gasteiger partial charge in [-0.15, -0.1) is 0 Å². The second kappa shape index (κ2) is 4.02. The van der Waals surface area contributed by atoms with E-state index in [0.717, 1.165) is 4.57 Å². The van der Waals surface area contributed by atoms with Gasteiger partial charge in [0, 0.05) is 0 Å². The molecule has 0 bridgehead atoms. The molecule has 0 N–H and O–H groups in total. The van der Waals surface area contributed by atoms with Gasteiger partial charge in [0.05, 0.1) is 6.54 Å². The van der Waals surface area contributed by atoms with Gasteiger partial charge in [-0.1, -0.05) is 18.2 Å². The molecule has 1 heterocycles. The smallest absolute Gasteiger partial charge is 0.296 e. The summed E-state index contributed by atoms with van der Waals surface area (Å²) in [5.41, 5.74) is 0. The van der Waals surface area contributed by atoms with Crippen LogP contribution in [0, 0.1) is 6.92 Å². The molecule has 0 aliphatic heterocycles. The van der Waals surface area contributed by atoms with E-state index in [0.29, 0.717) is 12.2 Å². The molecule has 72 valence electrons. The van der Waals surface area contributed by atoms with Crippen LogP contribution in [0.3, 0.4) is 0 Å². The van der Waals surface area contributed by atoms with Gasteiger partial charge in [0.2, 0.25) is 0 Å². The Morgan fingerprint density at radius 1 is 1.77 bits per heavy atom. The molecular weight excluding hydrogens is 175 g/mol. The molecule has 0 spiro atoms. The zero-order valence-corrected chi connectivity index (χ0v) is 7.58. The molecule has 0 aliphatic rings. The number of rotatable bonds is 3. The minimum Gasteiger partial charge on any atom is -0.296 e. The van der Waals surface area contributed by atoms with Gasteiger partial charge in [0.1, 0.15) is 5.83 Å². The van der Waals surface area contributed by atoms with Crippen molar-refractivity contribution >= 4 is 0 Å². The Hall–Kier alpha value is -1.39. The third-order valence-corrected chi connectivity index (χ3v) is 1.60. The summed E-state index contributed by atoms with van der Waals surface area (Å²) in [4.78, 5) is 10.9. The molecular formula is C8H11FN2O2. The predicted octanol–water partition coefficient (Wildman–Crippen LogP) is 1.41. The van der Waals surface area contributed by atoms with Crippen molar-refractivity contribution in [3.05, 3.63) is 28.3 Å². The van der Waals surface area contributed by atoms with E-state index in [-0.39, 0.29) is 12.4 Å². The fraction of sp³-hybridized carbons (Fsp3) is 0.500. The Labute approximate surface area is 74.7 Å². The van der Waals surface area contributed by atoms with Crippen molar-refractivity contribution in [1.82, 2.24) is 9.72 Å². The summed E-state index contributed by atoms with van der Waals surface area (Å²) in [5.74, 6) is -0.599. The van der Waals surface area contributed by atoms with Crippen LogP contribution in [-0.4, -0.2) is 9.72 Å². The molecule has 0 saturated heterocycles. The lowest BCUT2D eigenvalue weighted by Gasteiger charge is -1.97. The lowest BCUT2D eigenvalue weighted by molar-refractivity contribution is 0.373. The van der Waals surface area contributed by atoms with Crippen LogP contribution in [0.2, 0.25) is 0 Å². The first-order valence-electron chi connectivity index (χ1n) is 4.02. The van der Waals surface area contributed by atoms with Gasteiger partial charge in [-0.05, 0) is 13.3 Å². The average Bonchev–Trinajstić information content (AvgIpc) is 2.36. The molecule has 5 heteroatoms. The third-order valence-electron chi connectivity index (χ3n) is 1.60. The van der Waals surface area contributed by atoms with Gasteiger partial charge in [0.25, 0.3) is 0 Å². The summed E-state index contributed by atoms with van der Waals surface area (Å²) < 4.78 is 18.4. The first-order valence-corrected chi connectivity index (χ1v) is 4.02. The zero-order valence-electron chi connectivity index (χ0n) is 7.58. The van der Waals surface area contributed by atoms with E-state index in [1.807, 2.05) is 6.92 Å². The van der Waals surface area contributed by atoms with E-state index in [2.05, 4.69) is 9.68 Å². The highest BCUT2D eigenvalue weighted by atomic mass is 19.1. The summed E-state index contributed by atoms with van der Waals surface area (Å²) in [6, 6.07) is 0. The maximum absolute atomic E-state index is 13.0. The zero-order chi connectivity index (χ0) is 9.84. The fourth-order valence-corrected chi connectivity index (χ4v) is 0.952. The summed E-state index contributed by atoms with van der Waals surface area (Å²) in [6.45, 7) is 3.31. The van der Waals surface area contributed by atoms with Crippen LogP contribution in [0.25, 0.3) is 0 Å². The molecule has 0 aliphatic carbocycles. The van der Waals surface area contributed by atoms with Gasteiger partial charge in [-0.25, -0.2) is 9.18 Å². The van der Waals surface area contributed by atoms with E-state index < -0.39 is 5.76 Å². The Balaban J connectivity index is 2.85. The number of aromatic nitrogens is 2. The SMILES string of the molecule is CC/C=C(/F)Cn1c(C)noc1=O. The number of hydrogen-bond donors (Lipinski definition) is 0. The molecule has 0 saturated carbocycles. The highest BCUT2D eigenvalue weighted by Crippen LogP contribution is 2.02. The summed E-state index contributed by atoms with van der Waals surface area (Å²) >= 11 is 0. The molecule has 0 radical (unpaired) electrons. The molecule has 0 atom stereocenters. The summed E-state index contributed by atoms with van der Waals surface area (Å²) in [5, 5.41) is 3.41. The molecule has 1 aromatic heterocycles. The van der Waals surface area contributed by atoms with Gasteiger partial charge in [-0.2, -0.15) is 0 Å². The van der Waals surface area contributed by atoms with Crippen LogP contribution in [0.4, 0.5) is 4.39 Å². The predicted molar refractivity (Wildman–Crippen MR) is 45.0 cm³/mol. The standard InChI is InChI=1S/C8H11FN2O2/c1-3-4-7(9)5-11-6(2)10-13-8(11)12/h4H,3,5H2,1-2H3/b7-4+. The van der Waals surface area contributed by atoms with Crippen molar-refractivity contribution in [3.63, 3.8) is 0 Å². The van der Waals surface area contributed by atoms with Crippen molar-refractivity contribution in [1.29, 1.82) is 0 Å². The second-order valence-corrected chi connectivity index (χ2v) is 2.64. The van der Waals surface area contributed by atoms with E-state index in [1.165, 1.54) is 6.08 Å². The molecule has 0 unspecified atom stereocenters. The average molecular weight is 186 g/mol. The molecule has 0 fully saturated rings. The van der Waals surface area contributed by atoms with Crippen LogP contribution in [0.15, 0.2) is 21.2 Å². The first-order chi connectivity index (χ1) is 6.15. The fourth-order valence-electron chi connectivity index (χ4n) is 0.952. The van der Waals surface area contributed by atoms with Crippen molar-refractivity contribution in [3.8, 4) is 0 Å². The Morgan fingerprint density at radius 3 is 2.92 bits per heavy atom. The molecule has 0 amide bonds. The van der Waals surface area contributed by atoms with E-state index in [9.17, 15) is 9.18 Å². The number of aryl methyl sites for hydroxylation is 1. The Kier molecular flexibility index (Phi) is 3.00. The monoisotopic (exact) mass is 186 g/mol. The lowest BCUT2D eigenvalue weighted by atomic mass is 10.4. The minimum absolute atomic E-state index is 0.0952. The normalized spacial score (nSPS) is 12.1. The quantitative estimate of drug-likeness (QED) is 0.717. The van der Waals surface area contributed by atoms with Crippen LogP contribution >= 0.6 is 0 Å². The molecule has 1 aromatic rings. The highest BCUT2D eigenvalue weighted by Gasteiger charge is 2.07. The van der Waals surface area contributed by atoms with Gasteiger partial charge in [0.15, 0.2) is 5.82 Å². The van der Waals surface area contributed by atoms with Crippen LogP contribution < -0.4 is 5.76 Å². The van der Waals surface area contributed by atoms with Crippen molar-refractivity contribution in [2.24, 2.45) is 0 Å². The molecule has 4 nitrogen and oxygen atoms in total. The van der Waals surface area contributed by atoms with Crippen LogP contribution in [-0.2, 0) is 6.54 Å². The molecule has 1 rings (SSSR count). The van der Waals surface area contributed by atoms with Crippen molar-refractivity contribution < 1.29 is 8.91 Å². The van der Waals surface area contributed by atoms with Crippen LogP contribution in [0.1, 0.15) is 19.2 Å². The van der Waals surface area contributed by atoms with E-state index in [4.69, 9.17) is 0 Å². The largest absolute Gasteiger partial charge is 0.441 e. The second-order valence-electron chi connectivity index (χ2n) is 2.64. The summed E-state index contributed by atoms with van der Waals surface area (Å²) in [6.07, 6.45) is 2.02. The number of nitrogens with zero attached hydrogens (tertiary/aromatic N) is 2. The van der Waals surface area contributed by atoms with E-state index in [1.54, 1.807) is 6.92 Å². The summed E-state index contributed by atoms with van der Waals surface area (Å²) in [7, 11) is 0. The van der Waals surface area contributed by atoms with Gasteiger partial charge in [-0.3, -0.25) is 9.09 Å².